The molecule has 0 heterocycles. The minimum absolute atomic E-state index is 0.0668. The molecule has 1 saturated carbocycles. The molecule has 0 bridgehead atoms. The van der Waals surface area contributed by atoms with Gasteiger partial charge >= 0.3 is 6.18 Å². The smallest absolute Gasteiger partial charge is 0.330 e. The molecule has 1 amide bonds. The van der Waals surface area contributed by atoms with E-state index in [0.29, 0.717) is 29.8 Å². The van der Waals surface area contributed by atoms with Crippen molar-refractivity contribution >= 4 is 21.8 Å². The van der Waals surface area contributed by atoms with Gasteiger partial charge in [0, 0.05) is 17.4 Å². The molecule has 0 aromatic heterocycles. The van der Waals surface area contributed by atoms with Gasteiger partial charge in [-0.2, -0.15) is 13.2 Å². The van der Waals surface area contributed by atoms with Gasteiger partial charge in [-0.15, -0.1) is 0 Å². The van der Waals surface area contributed by atoms with E-state index in [2.05, 4.69) is 15.9 Å². The molecular weight excluding hydrogens is 385 g/mol. The predicted octanol–water partition coefficient (Wildman–Crippen LogP) is 4.28. The average Bonchev–Trinajstić information content (AvgIpc) is 2.55. The van der Waals surface area contributed by atoms with Crippen molar-refractivity contribution in [1.82, 2.24) is 4.90 Å². The van der Waals surface area contributed by atoms with Crippen LogP contribution in [0.5, 0.6) is 0 Å². The second-order valence-electron chi connectivity index (χ2n) is 6.40. The maximum Gasteiger partial charge on any atom is 0.413 e. The Labute approximate surface area is 148 Å². The number of carbonyl (C=O) groups is 1. The molecule has 134 valence electrons. The van der Waals surface area contributed by atoms with E-state index in [4.69, 9.17) is 5.73 Å². The minimum Gasteiger partial charge on any atom is -0.330 e. The molecule has 1 aromatic carbocycles. The number of benzene rings is 1. The second-order valence-corrected chi connectivity index (χ2v) is 7.31. The molecule has 2 rings (SSSR count). The van der Waals surface area contributed by atoms with Crippen LogP contribution < -0.4 is 5.73 Å². The Bertz CT molecular complexity index is 554. The first-order chi connectivity index (χ1) is 11.2. The number of carbonyl (C=O) groups excluding carboxylic acids is 1. The van der Waals surface area contributed by atoms with Crippen LogP contribution in [0.15, 0.2) is 28.7 Å². The second kappa shape index (κ2) is 7.87. The number of halogens is 4. The van der Waals surface area contributed by atoms with Gasteiger partial charge < -0.3 is 10.6 Å². The van der Waals surface area contributed by atoms with Crippen LogP contribution in [0.2, 0.25) is 0 Å². The lowest BCUT2D eigenvalue weighted by atomic mass is 9.81. The topological polar surface area (TPSA) is 46.3 Å². The van der Waals surface area contributed by atoms with E-state index in [-0.39, 0.29) is 11.5 Å². The van der Waals surface area contributed by atoms with Gasteiger partial charge in [-0.3, -0.25) is 4.79 Å². The molecule has 0 unspecified atom stereocenters. The fraction of sp³-hybridized carbons (Fsp3) is 0.588. The van der Waals surface area contributed by atoms with Gasteiger partial charge in [0.25, 0.3) is 0 Å². The first-order valence-electron chi connectivity index (χ1n) is 8.03. The van der Waals surface area contributed by atoms with E-state index in [0.717, 1.165) is 17.7 Å². The van der Waals surface area contributed by atoms with Crippen LogP contribution in [-0.4, -0.2) is 30.6 Å². The number of nitrogens with two attached hydrogens (primary N) is 1. The summed E-state index contributed by atoms with van der Waals surface area (Å²) < 4.78 is 41.4. The monoisotopic (exact) mass is 406 g/mol. The average molecular weight is 407 g/mol. The summed E-state index contributed by atoms with van der Waals surface area (Å²) in [6, 6.07) is 3.98. The van der Waals surface area contributed by atoms with Crippen LogP contribution in [0.4, 0.5) is 13.2 Å². The highest BCUT2D eigenvalue weighted by Gasteiger charge is 2.46. The van der Waals surface area contributed by atoms with Crippen molar-refractivity contribution in [2.45, 2.75) is 37.9 Å². The minimum atomic E-state index is -4.52. The number of rotatable bonds is 4. The Morgan fingerprint density at radius 3 is 2.25 bits per heavy atom. The molecule has 1 atom stereocenters. The molecule has 3 nitrogen and oxygen atoms in total. The summed E-state index contributed by atoms with van der Waals surface area (Å²) in [5.41, 5.74) is 5.70. The van der Waals surface area contributed by atoms with Crippen LogP contribution in [0.1, 0.15) is 37.3 Å². The maximum absolute atomic E-state index is 13.6. The lowest BCUT2D eigenvalue weighted by Crippen LogP contribution is -2.43. The summed E-state index contributed by atoms with van der Waals surface area (Å²) in [5, 5.41) is 0. The highest BCUT2D eigenvalue weighted by Crippen LogP contribution is 2.39. The number of hydrogen-bond acceptors (Lipinski definition) is 2. The Morgan fingerprint density at radius 2 is 1.79 bits per heavy atom. The first-order valence-corrected chi connectivity index (χ1v) is 8.82. The number of hydrogen-bond donors (Lipinski definition) is 1. The van der Waals surface area contributed by atoms with Gasteiger partial charge in [0.1, 0.15) is 0 Å². The Balaban J connectivity index is 2.17. The lowest BCUT2D eigenvalue weighted by molar-refractivity contribution is -0.191. The van der Waals surface area contributed by atoms with Crippen molar-refractivity contribution in [3.05, 3.63) is 34.3 Å². The fourth-order valence-corrected chi connectivity index (χ4v) is 3.60. The Kier molecular flexibility index (Phi) is 6.31. The molecule has 2 N–H and O–H groups in total. The summed E-state index contributed by atoms with van der Waals surface area (Å²) in [6.07, 6.45) is -1.70. The first kappa shape index (κ1) is 19.2. The van der Waals surface area contributed by atoms with Crippen molar-refractivity contribution in [1.29, 1.82) is 0 Å². The SMILES string of the molecule is CN(C(=O)C1CCC(CN)CC1)[C@@H](c1ccc(Br)cc1)C(F)(F)F. The third kappa shape index (κ3) is 4.51. The van der Waals surface area contributed by atoms with Gasteiger partial charge in [0.15, 0.2) is 6.04 Å². The van der Waals surface area contributed by atoms with E-state index in [1.54, 1.807) is 12.1 Å². The molecule has 1 fully saturated rings. The number of alkyl halides is 3. The van der Waals surface area contributed by atoms with Crippen molar-refractivity contribution in [2.75, 3.05) is 13.6 Å². The highest BCUT2D eigenvalue weighted by molar-refractivity contribution is 9.10. The molecule has 0 saturated heterocycles. The van der Waals surface area contributed by atoms with Crippen molar-refractivity contribution < 1.29 is 18.0 Å². The van der Waals surface area contributed by atoms with Gasteiger partial charge in [-0.25, -0.2) is 0 Å². The van der Waals surface area contributed by atoms with Gasteiger partial charge in [-0.1, -0.05) is 28.1 Å². The Morgan fingerprint density at radius 1 is 1.25 bits per heavy atom. The van der Waals surface area contributed by atoms with Gasteiger partial charge in [0.05, 0.1) is 0 Å². The van der Waals surface area contributed by atoms with Crippen LogP contribution in [-0.2, 0) is 4.79 Å². The van der Waals surface area contributed by atoms with Crippen molar-refractivity contribution in [3.63, 3.8) is 0 Å². The summed E-state index contributed by atoms with van der Waals surface area (Å²) >= 11 is 3.21. The van der Waals surface area contributed by atoms with Crippen molar-refractivity contribution in [3.8, 4) is 0 Å². The zero-order chi connectivity index (χ0) is 17.9. The Hall–Kier alpha value is -1.08. The largest absolute Gasteiger partial charge is 0.413 e. The third-order valence-electron chi connectivity index (χ3n) is 4.76. The standard InChI is InChI=1S/C17H22BrF3N2O/c1-23(16(24)13-4-2-11(10-22)3-5-13)15(17(19,20)21)12-6-8-14(18)9-7-12/h6-9,11,13,15H,2-5,10,22H2,1H3/t11?,13?,15-/m0/s1. The number of amides is 1. The van der Waals surface area contributed by atoms with Gasteiger partial charge in [0.2, 0.25) is 5.91 Å². The third-order valence-corrected chi connectivity index (χ3v) is 5.29. The number of nitrogens with zero attached hydrogens (tertiary/aromatic N) is 1. The van der Waals surface area contributed by atoms with Crippen LogP contribution in [0.3, 0.4) is 0 Å². The quantitative estimate of drug-likeness (QED) is 0.810. The van der Waals surface area contributed by atoms with E-state index in [1.807, 2.05) is 0 Å². The molecule has 7 heteroatoms. The zero-order valence-corrected chi connectivity index (χ0v) is 15.1. The summed E-state index contributed by atoms with van der Waals surface area (Å²) in [7, 11) is 1.25. The molecule has 0 spiro atoms. The zero-order valence-electron chi connectivity index (χ0n) is 13.5. The molecular formula is C17H22BrF3N2O. The van der Waals surface area contributed by atoms with Crippen LogP contribution in [0.25, 0.3) is 0 Å². The molecule has 1 aliphatic rings. The van der Waals surface area contributed by atoms with Crippen LogP contribution >= 0.6 is 15.9 Å². The molecule has 0 radical (unpaired) electrons. The molecule has 0 aliphatic heterocycles. The van der Waals surface area contributed by atoms with Gasteiger partial charge in [-0.05, 0) is 55.8 Å². The van der Waals surface area contributed by atoms with E-state index in [9.17, 15) is 18.0 Å². The molecule has 24 heavy (non-hydrogen) atoms. The normalized spacial score (nSPS) is 22.9. The van der Waals surface area contributed by atoms with E-state index >= 15 is 0 Å². The summed E-state index contributed by atoms with van der Waals surface area (Å²) in [4.78, 5) is 13.5. The molecule has 1 aromatic rings. The van der Waals surface area contributed by atoms with E-state index < -0.39 is 18.1 Å². The fourth-order valence-electron chi connectivity index (χ4n) is 3.34. The van der Waals surface area contributed by atoms with E-state index in [1.165, 1.54) is 19.2 Å². The summed E-state index contributed by atoms with van der Waals surface area (Å²) in [6.45, 7) is 0.570. The predicted molar refractivity (Wildman–Crippen MR) is 90.2 cm³/mol. The summed E-state index contributed by atoms with van der Waals surface area (Å²) in [5.74, 6) is -0.405. The maximum atomic E-state index is 13.6. The lowest BCUT2D eigenvalue weighted by Gasteiger charge is -2.35. The van der Waals surface area contributed by atoms with Crippen molar-refractivity contribution in [2.24, 2.45) is 17.6 Å². The van der Waals surface area contributed by atoms with Crippen LogP contribution in [0, 0.1) is 11.8 Å². The molecule has 1 aliphatic carbocycles. The highest BCUT2D eigenvalue weighted by atomic mass is 79.9.